The van der Waals surface area contributed by atoms with Crippen LogP contribution in [0.2, 0.25) is 0 Å². The van der Waals surface area contributed by atoms with Gasteiger partial charge in [-0.05, 0) is 24.0 Å². The van der Waals surface area contributed by atoms with Crippen molar-refractivity contribution in [2.45, 2.75) is 18.2 Å². The molecule has 0 amide bonds. The van der Waals surface area contributed by atoms with Gasteiger partial charge in [0.05, 0.1) is 5.38 Å². The average molecular weight is 233 g/mol. The zero-order chi connectivity index (χ0) is 11.2. The van der Waals surface area contributed by atoms with Crippen molar-refractivity contribution in [2.24, 2.45) is 0 Å². The number of aryl methyl sites for hydroxylation is 1. The van der Waals surface area contributed by atoms with Gasteiger partial charge < -0.3 is 0 Å². The van der Waals surface area contributed by atoms with Crippen LogP contribution in [0.5, 0.6) is 0 Å². The van der Waals surface area contributed by atoms with E-state index >= 15 is 0 Å². The lowest BCUT2D eigenvalue weighted by atomic mass is 10.1. The van der Waals surface area contributed by atoms with E-state index in [1.54, 1.807) is 6.33 Å². The first-order valence-electron chi connectivity index (χ1n) is 5.29. The molecular weight excluding hydrogens is 220 g/mol. The SMILES string of the molecule is ClC(CCc1cncnc1)c1ccccc1. The van der Waals surface area contributed by atoms with Gasteiger partial charge in [0.25, 0.3) is 0 Å². The number of hydrogen-bond acceptors (Lipinski definition) is 2. The summed E-state index contributed by atoms with van der Waals surface area (Å²) in [7, 11) is 0. The topological polar surface area (TPSA) is 25.8 Å². The minimum Gasteiger partial charge on any atom is -0.245 e. The molecule has 2 nitrogen and oxygen atoms in total. The fourth-order valence-electron chi connectivity index (χ4n) is 1.58. The van der Waals surface area contributed by atoms with Crippen molar-refractivity contribution in [3.63, 3.8) is 0 Å². The molecule has 0 fully saturated rings. The number of rotatable bonds is 4. The van der Waals surface area contributed by atoms with Gasteiger partial charge in [-0.15, -0.1) is 11.6 Å². The summed E-state index contributed by atoms with van der Waals surface area (Å²) in [6.45, 7) is 0. The first-order chi connectivity index (χ1) is 7.86. The Morgan fingerprint density at radius 3 is 2.44 bits per heavy atom. The Labute approximate surface area is 100 Å². The van der Waals surface area contributed by atoms with Crippen molar-refractivity contribution in [1.82, 2.24) is 9.97 Å². The van der Waals surface area contributed by atoms with Gasteiger partial charge in [0, 0.05) is 12.4 Å². The highest BCUT2D eigenvalue weighted by Crippen LogP contribution is 2.25. The summed E-state index contributed by atoms with van der Waals surface area (Å²) >= 11 is 6.32. The molecule has 1 aromatic carbocycles. The molecule has 0 spiro atoms. The lowest BCUT2D eigenvalue weighted by molar-refractivity contribution is 0.786. The van der Waals surface area contributed by atoms with Crippen molar-refractivity contribution in [1.29, 1.82) is 0 Å². The highest BCUT2D eigenvalue weighted by molar-refractivity contribution is 6.20. The molecule has 1 unspecified atom stereocenters. The van der Waals surface area contributed by atoms with Gasteiger partial charge in [-0.2, -0.15) is 0 Å². The molecule has 1 aromatic heterocycles. The number of nitrogens with zero attached hydrogens (tertiary/aromatic N) is 2. The second-order valence-electron chi connectivity index (χ2n) is 3.66. The first-order valence-corrected chi connectivity index (χ1v) is 5.73. The molecule has 1 heterocycles. The Morgan fingerprint density at radius 1 is 1.06 bits per heavy atom. The molecular formula is C13H13ClN2. The van der Waals surface area contributed by atoms with E-state index in [1.807, 2.05) is 30.6 Å². The molecule has 0 saturated heterocycles. The summed E-state index contributed by atoms with van der Waals surface area (Å²) in [4.78, 5) is 7.96. The van der Waals surface area contributed by atoms with E-state index < -0.39 is 0 Å². The zero-order valence-electron chi connectivity index (χ0n) is 8.88. The predicted molar refractivity (Wildman–Crippen MR) is 65.4 cm³/mol. The fraction of sp³-hybridized carbons (Fsp3) is 0.231. The van der Waals surface area contributed by atoms with Crippen LogP contribution >= 0.6 is 11.6 Å². The molecule has 0 radical (unpaired) electrons. The normalized spacial score (nSPS) is 12.3. The van der Waals surface area contributed by atoms with Crippen LogP contribution < -0.4 is 0 Å². The maximum absolute atomic E-state index is 6.32. The van der Waals surface area contributed by atoms with E-state index in [9.17, 15) is 0 Å². The Kier molecular flexibility index (Phi) is 3.89. The summed E-state index contributed by atoms with van der Waals surface area (Å²) in [5, 5.41) is 0.0569. The molecule has 0 bridgehead atoms. The minimum atomic E-state index is 0.0569. The Morgan fingerprint density at radius 2 is 1.75 bits per heavy atom. The van der Waals surface area contributed by atoms with Gasteiger partial charge in [-0.1, -0.05) is 30.3 Å². The van der Waals surface area contributed by atoms with Gasteiger partial charge in [-0.25, -0.2) is 9.97 Å². The van der Waals surface area contributed by atoms with Crippen molar-refractivity contribution in [3.8, 4) is 0 Å². The highest BCUT2D eigenvalue weighted by atomic mass is 35.5. The molecule has 0 aliphatic heterocycles. The Balaban J connectivity index is 1.92. The molecule has 2 rings (SSSR count). The Bertz CT molecular complexity index is 416. The van der Waals surface area contributed by atoms with Crippen molar-refractivity contribution in [3.05, 3.63) is 60.2 Å². The van der Waals surface area contributed by atoms with Crippen LogP contribution in [0.4, 0.5) is 0 Å². The van der Waals surface area contributed by atoms with E-state index in [4.69, 9.17) is 11.6 Å². The van der Waals surface area contributed by atoms with Gasteiger partial charge in [0.1, 0.15) is 6.33 Å². The van der Waals surface area contributed by atoms with E-state index in [0.717, 1.165) is 18.4 Å². The van der Waals surface area contributed by atoms with Crippen LogP contribution in [0.1, 0.15) is 22.9 Å². The van der Waals surface area contributed by atoms with Crippen LogP contribution in [-0.2, 0) is 6.42 Å². The molecule has 2 aromatic rings. The lowest BCUT2D eigenvalue weighted by Gasteiger charge is -2.08. The van der Waals surface area contributed by atoms with E-state index in [2.05, 4.69) is 22.1 Å². The van der Waals surface area contributed by atoms with Crippen molar-refractivity contribution in [2.75, 3.05) is 0 Å². The van der Waals surface area contributed by atoms with Crippen molar-refractivity contribution >= 4 is 11.6 Å². The lowest BCUT2D eigenvalue weighted by Crippen LogP contribution is -1.94. The molecule has 0 saturated carbocycles. The van der Waals surface area contributed by atoms with Gasteiger partial charge >= 0.3 is 0 Å². The highest BCUT2D eigenvalue weighted by Gasteiger charge is 2.07. The summed E-state index contributed by atoms with van der Waals surface area (Å²) in [5.74, 6) is 0. The third-order valence-electron chi connectivity index (χ3n) is 2.46. The summed E-state index contributed by atoms with van der Waals surface area (Å²) in [6, 6.07) is 10.1. The molecule has 3 heteroatoms. The molecule has 1 atom stereocenters. The third kappa shape index (κ3) is 3.04. The predicted octanol–water partition coefficient (Wildman–Crippen LogP) is 3.39. The van der Waals surface area contributed by atoms with Crippen molar-refractivity contribution < 1.29 is 0 Å². The monoisotopic (exact) mass is 232 g/mol. The average Bonchev–Trinajstić information content (AvgIpc) is 2.38. The van der Waals surface area contributed by atoms with Gasteiger partial charge in [-0.3, -0.25) is 0 Å². The quantitative estimate of drug-likeness (QED) is 0.756. The first kappa shape index (κ1) is 11.1. The molecule has 0 aliphatic rings. The maximum atomic E-state index is 6.32. The van der Waals surface area contributed by atoms with Crippen LogP contribution in [0, 0.1) is 0 Å². The fourth-order valence-corrected chi connectivity index (χ4v) is 1.84. The van der Waals surface area contributed by atoms with Crippen LogP contribution in [-0.4, -0.2) is 9.97 Å². The van der Waals surface area contributed by atoms with Crippen LogP contribution in [0.25, 0.3) is 0 Å². The largest absolute Gasteiger partial charge is 0.245 e. The number of halogens is 1. The second-order valence-corrected chi connectivity index (χ2v) is 4.19. The van der Waals surface area contributed by atoms with Crippen LogP contribution in [0.3, 0.4) is 0 Å². The van der Waals surface area contributed by atoms with E-state index in [0.29, 0.717) is 0 Å². The summed E-state index contributed by atoms with van der Waals surface area (Å²) < 4.78 is 0. The van der Waals surface area contributed by atoms with Gasteiger partial charge in [0.2, 0.25) is 0 Å². The number of benzene rings is 1. The maximum Gasteiger partial charge on any atom is 0.115 e. The number of hydrogen-bond donors (Lipinski definition) is 0. The van der Waals surface area contributed by atoms with E-state index in [1.165, 1.54) is 5.56 Å². The second kappa shape index (κ2) is 5.61. The standard InChI is InChI=1S/C13H13ClN2/c14-13(12-4-2-1-3-5-12)7-6-11-8-15-10-16-9-11/h1-5,8-10,13H,6-7H2. The van der Waals surface area contributed by atoms with Gasteiger partial charge in [0.15, 0.2) is 0 Å². The Hall–Kier alpha value is -1.41. The van der Waals surface area contributed by atoms with Crippen LogP contribution in [0.15, 0.2) is 49.1 Å². The molecule has 0 N–H and O–H groups in total. The summed E-state index contributed by atoms with van der Waals surface area (Å²) in [6.07, 6.45) is 7.02. The third-order valence-corrected chi connectivity index (χ3v) is 2.93. The smallest absolute Gasteiger partial charge is 0.115 e. The summed E-state index contributed by atoms with van der Waals surface area (Å²) in [5.41, 5.74) is 2.30. The minimum absolute atomic E-state index is 0.0569. The molecule has 0 aliphatic carbocycles. The van der Waals surface area contributed by atoms with E-state index in [-0.39, 0.29) is 5.38 Å². The zero-order valence-corrected chi connectivity index (χ0v) is 9.64. The number of alkyl halides is 1. The number of aromatic nitrogens is 2. The molecule has 82 valence electrons. The molecule has 16 heavy (non-hydrogen) atoms.